The van der Waals surface area contributed by atoms with Gasteiger partial charge in [-0.05, 0) is 31.9 Å². The summed E-state index contributed by atoms with van der Waals surface area (Å²) in [6.45, 7) is 4.57. The minimum absolute atomic E-state index is 0.139. The molecule has 1 aliphatic rings. The van der Waals surface area contributed by atoms with Crippen molar-refractivity contribution >= 4 is 21.8 Å². The highest BCUT2D eigenvalue weighted by Gasteiger charge is 2.27. The summed E-state index contributed by atoms with van der Waals surface area (Å²) in [7, 11) is -3.67. The van der Waals surface area contributed by atoms with E-state index in [2.05, 4.69) is 12.0 Å². The van der Waals surface area contributed by atoms with Crippen molar-refractivity contribution in [3.05, 3.63) is 29.8 Å². The molecule has 0 radical (unpaired) electrons. The Morgan fingerprint density at radius 1 is 1.07 bits per heavy atom. The molecular formula is C20H26N2O4S. The molecule has 1 heterocycles. The normalized spacial score (nSPS) is 14.2. The molecule has 0 atom stereocenters. The number of sulfonamides is 1. The van der Waals surface area contributed by atoms with Crippen molar-refractivity contribution in [2.75, 3.05) is 13.1 Å². The van der Waals surface area contributed by atoms with E-state index < -0.39 is 10.0 Å². The lowest BCUT2D eigenvalue weighted by Crippen LogP contribution is -2.30. The Morgan fingerprint density at radius 2 is 1.70 bits per heavy atom. The van der Waals surface area contributed by atoms with Gasteiger partial charge in [0.2, 0.25) is 11.8 Å². The number of unbranched alkanes of at least 4 members (excludes halogenated alkanes) is 2. The minimum Gasteiger partial charge on any atom is -0.283 e. The van der Waals surface area contributed by atoms with Crippen molar-refractivity contribution in [3.8, 4) is 12.0 Å². The van der Waals surface area contributed by atoms with Crippen molar-refractivity contribution in [1.82, 2.24) is 9.21 Å². The fraction of sp³-hybridized carbons (Fsp3) is 0.500. The molecule has 0 aliphatic carbocycles. The van der Waals surface area contributed by atoms with Gasteiger partial charge in [0.05, 0.1) is 4.90 Å². The predicted octanol–water partition coefficient (Wildman–Crippen LogP) is 2.68. The summed E-state index contributed by atoms with van der Waals surface area (Å²) >= 11 is 0. The SMILES string of the molecule is CCCCN(C#CCCCN1C(=O)CCC1=O)S(=O)(=O)c1ccc(C)cc1. The van der Waals surface area contributed by atoms with Gasteiger partial charge in [-0.1, -0.05) is 37.0 Å². The van der Waals surface area contributed by atoms with E-state index >= 15 is 0 Å². The van der Waals surface area contributed by atoms with Crippen LogP contribution in [0.25, 0.3) is 0 Å². The molecule has 0 saturated carbocycles. The zero-order valence-electron chi connectivity index (χ0n) is 15.9. The lowest BCUT2D eigenvalue weighted by molar-refractivity contribution is -0.138. The first kappa shape index (κ1) is 21.0. The fourth-order valence-corrected chi connectivity index (χ4v) is 4.01. The monoisotopic (exact) mass is 390 g/mol. The molecule has 1 aliphatic heterocycles. The number of hydrogen-bond acceptors (Lipinski definition) is 4. The quantitative estimate of drug-likeness (QED) is 0.296. The van der Waals surface area contributed by atoms with E-state index in [9.17, 15) is 18.0 Å². The average molecular weight is 391 g/mol. The molecule has 1 aromatic carbocycles. The molecule has 6 nitrogen and oxygen atoms in total. The molecule has 0 aromatic heterocycles. The number of rotatable bonds is 8. The van der Waals surface area contributed by atoms with Crippen LogP contribution >= 0.6 is 0 Å². The van der Waals surface area contributed by atoms with E-state index in [1.807, 2.05) is 13.8 Å². The topological polar surface area (TPSA) is 74.8 Å². The van der Waals surface area contributed by atoms with Gasteiger partial charge < -0.3 is 0 Å². The third-order valence-corrected chi connectivity index (χ3v) is 6.09. The molecule has 0 bridgehead atoms. The van der Waals surface area contributed by atoms with E-state index in [4.69, 9.17) is 0 Å². The standard InChI is InChI=1S/C20H26N2O4S/c1-3-4-14-21(27(25,26)18-10-8-17(2)9-11-18)15-6-5-7-16-22-19(23)12-13-20(22)24/h8-11H,3-5,7,12-14,16H2,1-2H3. The van der Waals surface area contributed by atoms with Gasteiger partial charge in [0, 0.05) is 38.4 Å². The van der Waals surface area contributed by atoms with Crippen LogP contribution in [0.15, 0.2) is 29.2 Å². The van der Waals surface area contributed by atoms with Crippen LogP contribution in [0, 0.1) is 18.9 Å². The highest BCUT2D eigenvalue weighted by Crippen LogP contribution is 2.17. The van der Waals surface area contributed by atoms with Crippen LogP contribution < -0.4 is 0 Å². The van der Waals surface area contributed by atoms with Gasteiger partial charge in [-0.3, -0.25) is 14.5 Å². The summed E-state index contributed by atoms with van der Waals surface area (Å²) < 4.78 is 26.9. The van der Waals surface area contributed by atoms with Crippen LogP contribution in [0.4, 0.5) is 0 Å². The second kappa shape index (κ2) is 9.56. The van der Waals surface area contributed by atoms with E-state index in [1.165, 1.54) is 9.21 Å². The Bertz CT molecular complexity index is 819. The van der Waals surface area contributed by atoms with Gasteiger partial charge in [-0.25, -0.2) is 12.7 Å². The molecule has 27 heavy (non-hydrogen) atoms. The van der Waals surface area contributed by atoms with Crippen molar-refractivity contribution in [1.29, 1.82) is 0 Å². The van der Waals surface area contributed by atoms with Crippen LogP contribution in [0.5, 0.6) is 0 Å². The summed E-state index contributed by atoms with van der Waals surface area (Å²) in [6.07, 6.45) is 3.10. The summed E-state index contributed by atoms with van der Waals surface area (Å²) in [5, 5.41) is 0. The molecule has 1 fully saturated rings. The Kier molecular flexibility index (Phi) is 7.43. The minimum atomic E-state index is -3.67. The summed E-state index contributed by atoms with van der Waals surface area (Å²) in [5.74, 6) is 2.60. The van der Waals surface area contributed by atoms with Crippen LogP contribution in [-0.4, -0.2) is 42.5 Å². The highest BCUT2D eigenvalue weighted by molar-refractivity contribution is 7.89. The number of carbonyl (C=O) groups is 2. The molecule has 0 N–H and O–H groups in total. The molecule has 1 saturated heterocycles. The summed E-state index contributed by atoms with van der Waals surface area (Å²) in [5.41, 5.74) is 0.992. The first-order valence-electron chi connectivity index (χ1n) is 9.27. The number of nitrogens with zero attached hydrogens (tertiary/aromatic N) is 2. The molecule has 2 amide bonds. The van der Waals surface area contributed by atoms with E-state index in [1.54, 1.807) is 24.3 Å². The average Bonchev–Trinajstić information content (AvgIpc) is 2.96. The van der Waals surface area contributed by atoms with Gasteiger partial charge in [0.15, 0.2) is 0 Å². The van der Waals surface area contributed by atoms with Crippen LogP contribution in [-0.2, 0) is 19.6 Å². The Labute approximate surface area is 161 Å². The van der Waals surface area contributed by atoms with Crippen molar-refractivity contribution in [2.45, 2.75) is 57.3 Å². The van der Waals surface area contributed by atoms with Gasteiger partial charge in [0.25, 0.3) is 10.0 Å². The zero-order valence-corrected chi connectivity index (χ0v) is 16.7. The first-order chi connectivity index (χ1) is 12.9. The fourth-order valence-electron chi connectivity index (χ4n) is 2.72. The van der Waals surface area contributed by atoms with Crippen molar-refractivity contribution in [3.63, 3.8) is 0 Å². The lowest BCUT2D eigenvalue weighted by atomic mass is 10.2. The van der Waals surface area contributed by atoms with Gasteiger partial charge in [-0.15, -0.1) is 0 Å². The number of aryl methyl sites for hydroxylation is 1. The van der Waals surface area contributed by atoms with E-state index in [-0.39, 0.29) is 29.6 Å². The molecule has 146 valence electrons. The lowest BCUT2D eigenvalue weighted by Gasteiger charge is -2.18. The summed E-state index contributed by atoms with van der Waals surface area (Å²) in [4.78, 5) is 24.6. The predicted molar refractivity (Wildman–Crippen MR) is 103 cm³/mol. The zero-order chi connectivity index (χ0) is 19.9. The highest BCUT2D eigenvalue weighted by atomic mass is 32.2. The maximum atomic E-state index is 12.8. The number of amides is 2. The van der Waals surface area contributed by atoms with Crippen molar-refractivity contribution < 1.29 is 18.0 Å². The Hall–Kier alpha value is -2.33. The van der Waals surface area contributed by atoms with Crippen LogP contribution in [0.3, 0.4) is 0 Å². The molecule has 1 aromatic rings. The largest absolute Gasteiger partial charge is 0.283 e. The first-order valence-corrected chi connectivity index (χ1v) is 10.7. The smallest absolute Gasteiger partial charge is 0.270 e. The van der Waals surface area contributed by atoms with Crippen LogP contribution in [0.2, 0.25) is 0 Å². The van der Waals surface area contributed by atoms with Gasteiger partial charge >= 0.3 is 0 Å². The van der Waals surface area contributed by atoms with Crippen LogP contribution in [0.1, 0.15) is 51.0 Å². The number of likely N-dealkylation sites (tertiary alicyclic amines) is 1. The Morgan fingerprint density at radius 3 is 2.30 bits per heavy atom. The number of imide groups is 1. The molecule has 7 heteroatoms. The van der Waals surface area contributed by atoms with E-state index in [0.29, 0.717) is 25.9 Å². The molecule has 2 rings (SSSR count). The molecule has 0 spiro atoms. The second-order valence-electron chi connectivity index (χ2n) is 6.58. The third-order valence-electron chi connectivity index (χ3n) is 4.37. The van der Waals surface area contributed by atoms with E-state index in [0.717, 1.165) is 18.4 Å². The second-order valence-corrected chi connectivity index (χ2v) is 8.44. The number of benzene rings is 1. The maximum absolute atomic E-state index is 12.8. The Balaban J connectivity index is 2.02. The molecule has 0 unspecified atom stereocenters. The maximum Gasteiger partial charge on any atom is 0.270 e. The van der Waals surface area contributed by atoms with Gasteiger partial charge in [-0.2, -0.15) is 0 Å². The number of hydrogen-bond donors (Lipinski definition) is 0. The third kappa shape index (κ3) is 5.57. The number of carbonyl (C=O) groups excluding carboxylic acids is 2. The summed E-state index contributed by atoms with van der Waals surface area (Å²) in [6, 6.07) is 9.48. The molecular weight excluding hydrogens is 364 g/mol. The van der Waals surface area contributed by atoms with Crippen molar-refractivity contribution in [2.24, 2.45) is 0 Å². The van der Waals surface area contributed by atoms with Gasteiger partial charge in [0.1, 0.15) is 0 Å².